The van der Waals surface area contributed by atoms with E-state index < -0.39 is 5.54 Å². The van der Waals surface area contributed by atoms with Crippen LogP contribution in [-0.2, 0) is 10.3 Å². The number of hydrogen-bond donors (Lipinski definition) is 2. The number of nitrogens with two attached hydrogens (primary N) is 1. The van der Waals surface area contributed by atoms with Crippen LogP contribution < -0.4 is 20.5 Å². The Labute approximate surface area is 141 Å². The summed E-state index contributed by atoms with van der Waals surface area (Å²) < 4.78 is 11.1. The summed E-state index contributed by atoms with van der Waals surface area (Å²) >= 11 is 0. The van der Waals surface area contributed by atoms with Crippen molar-refractivity contribution in [3.8, 4) is 11.5 Å². The highest BCUT2D eigenvalue weighted by atomic mass is 16.6. The van der Waals surface area contributed by atoms with Crippen molar-refractivity contribution in [3.05, 3.63) is 59.7 Å². The van der Waals surface area contributed by atoms with Crippen LogP contribution in [-0.4, -0.2) is 19.1 Å². The fourth-order valence-corrected chi connectivity index (χ4v) is 2.67. The second-order valence-electron chi connectivity index (χ2n) is 6.17. The van der Waals surface area contributed by atoms with Crippen LogP contribution in [0.5, 0.6) is 11.5 Å². The Morgan fingerprint density at radius 1 is 1.12 bits per heavy atom. The van der Waals surface area contributed by atoms with Crippen molar-refractivity contribution in [2.45, 2.75) is 25.4 Å². The normalized spacial score (nSPS) is 16.8. The molecular weight excluding hydrogens is 304 g/mol. The maximum absolute atomic E-state index is 12.6. The van der Waals surface area contributed by atoms with Gasteiger partial charge in [-0.2, -0.15) is 0 Å². The molecule has 0 aromatic heterocycles. The van der Waals surface area contributed by atoms with Gasteiger partial charge in [0.15, 0.2) is 11.5 Å². The Balaban J connectivity index is 1.74. The van der Waals surface area contributed by atoms with E-state index in [-0.39, 0.29) is 11.9 Å². The fourth-order valence-electron chi connectivity index (χ4n) is 2.67. The van der Waals surface area contributed by atoms with Crippen LogP contribution in [0.15, 0.2) is 48.5 Å². The maximum Gasteiger partial charge on any atom is 0.244 e. The number of carbonyl (C=O) groups excluding carboxylic acids is 1. The molecule has 126 valence electrons. The predicted octanol–water partition coefficient (Wildman–Crippen LogP) is 2.51. The zero-order chi connectivity index (χ0) is 17.2. The van der Waals surface area contributed by atoms with Crippen LogP contribution in [0.2, 0.25) is 0 Å². The highest BCUT2D eigenvalue weighted by Gasteiger charge is 2.31. The molecule has 3 rings (SSSR count). The van der Waals surface area contributed by atoms with Crippen molar-refractivity contribution in [3.63, 3.8) is 0 Å². The number of benzene rings is 2. The second kappa shape index (κ2) is 6.53. The molecule has 0 spiro atoms. The summed E-state index contributed by atoms with van der Waals surface area (Å²) in [6.07, 6.45) is 0. The zero-order valence-electron chi connectivity index (χ0n) is 13.9. The fraction of sp³-hybridized carbons (Fsp3) is 0.316. The molecule has 24 heavy (non-hydrogen) atoms. The first-order chi connectivity index (χ1) is 11.5. The van der Waals surface area contributed by atoms with Gasteiger partial charge >= 0.3 is 0 Å². The second-order valence-corrected chi connectivity index (χ2v) is 6.17. The summed E-state index contributed by atoms with van der Waals surface area (Å²) in [5.41, 5.74) is 6.88. The van der Waals surface area contributed by atoms with E-state index in [4.69, 9.17) is 15.2 Å². The average molecular weight is 326 g/mol. The van der Waals surface area contributed by atoms with Crippen LogP contribution in [0.25, 0.3) is 0 Å². The Morgan fingerprint density at radius 3 is 2.50 bits per heavy atom. The third-order valence-electron chi connectivity index (χ3n) is 4.26. The van der Waals surface area contributed by atoms with E-state index in [2.05, 4.69) is 5.32 Å². The lowest BCUT2D eigenvalue weighted by molar-refractivity contribution is -0.126. The van der Waals surface area contributed by atoms with Crippen LogP contribution in [0.3, 0.4) is 0 Å². The predicted molar refractivity (Wildman–Crippen MR) is 92.0 cm³/mol. The average Bonchev–Trinajstić information content (AvgIpc) is 2.62. The third kappa shape index (κ3) is 3.21. The molecule has 0 radical (unpaired) electrons. The van der Waals surface area contributed by atoms with Crippen LogP contribution in [0.4, 0.5) is 0 Å². The topological polar surface area (TPSA) is 73.6 Å². The van der Waals surface area contributed by atoms with Gasteiger partial charge in [0.2, 0.25) is 5.91 Å². The van der Waals surface area contributed by atoms with E-state index in [1.54, 1.807) is 6.92 Å². The van der Waals surface area contributed by atoms with E-state index >= 15 is 0 Å². The summed E-state index contributed by atoms with van der Waals surface area (Å²) in [6.45, 7) is 4.73. The molecule has 1 aliphatic rings. The van der Waals surface area contributed by atoms with Crippen molar-refractivity contribution < 1.29 is 14.3 Å². The molecule has 2 aromatic rings. The minimum absolute atomic E-state index is 0.195. The molecular formula is C19H22N2O3. The van der Waals surface area contributed by atoms with Gasteiger partial charge in [0, 0.05) is 0 Å². The highest BCUT2D eigenvalue weighted by molar-refractivity contribution is 5.87. The standard InChI is InChI=1S/C19H22N2O3/c1-13(14-8-9-16-17(12-14)24-11-10-23-16)21-18(22)19(2,20)15-6-4-3-5-7-15/h3-9,12-13H,10-11,20H2,1-2H3,(H,21,22). The summed E-state index contributed by atoms with van der Waals surface area (Å²) in [7, 11) is 0. The lowest BCUT2D eigenvalue weighted by atomic mass is 9.91. The summed E-state index contributed by atoms with van der Waals surface area (Å²) in [6, 6.07) is 14.9. The molecule has 0 fully saturated rings. The zero-order valence-corrected chi connectivity index (χ0v) is 13.9. The minimum Gasteiger partial charge on any atom is -0.486 e. The first-order valence-corrected chi connectivity index (χ1v) is 8.03. The van der Waals surface area contributed by atoms with Crippen molar-refractivity contribution in [1.82, 2.24) is 5.32 Å². The smallest absolute Gasteiger partial charge is 0.244 e. The number of hydrogen-bond acceptors (Lipinski definition) is 4. The molecule has 0 saturated carbocycles. The molecule has 2 aromatic carbocycles. The van der Waals surface area contributed by atoms with Gasteiger partial charge in [-0.15, -0.1) is 0 Å². The SMILES string of the molecule is CC(NC(=O)C(C)(N)c1ccccc1)c1ccc2c(c1)OCCO2. The van der Waals surface area contributed by atoms with Crippen LogP contribution >= 0.6 is 0 Å². The van der Waals surface area contributed by atoms with E-state index in [9.17, 15) is 4.79 Å². The number of fused-ring (bicyclic) bond motifs is 1. The van der Waals surface area contributed by atoms with Crippen molar-refractivity contribution >= 4 is 5.91 Å². The van der Waals surface area contributed by atoms with Gasteiger partial charge in [0.05, 0.1) is 6.04 Å². The Kier molecular flexibility index (Phi) is 4.44. The summed E-state index contributed by atoms with van der Waals surface area (Å²) in [4.78, 5) is 12.6. The van der Waals surface area contributed by atoms with Gasteiger partial charge in [0.25, 0.3) is 0 Å². The number of amides is 1. The molecule has 5 nitrogen and oxygen atoms in total. The molecule has 1 amide bonds. The molecule has 3 N–H and O–H groups in total. The first kappa shape index (κ1) is 16.3. The quantitative estimate of drug-likeness (QED) is 0.905. The number of ether oxygens (including phenoxy) is 2. The monoisotopic (exact) mass is 326 g/mol. The number of nitrogens with one attached hydrogen (secondary N) is 1. The first-order valence-electron chi connectivity index (χ1n) is 8.03. The molecule has 1 heterocycles. The van der Waals surface area contributed by atoms with E-state index in [0.717, 1.165) is 16.9 Å². The highest BCUT2D eigenvalue weighted by Crippen LogP contribution is 2.32. The number of carbonyl (C=O) groups is 1. The van der Waals surface area contributed by atoms with Gasteiger partial charge in [-0.1, -0.05) is 36.4 Å². The summed E-state index contributed by atoms with van der Waals surface area (Å²) in [5, 5.41) is 2.98. The molecule has 2 atom stereocenters. The Hall–Kier alpha value is -2.53. The maximum atomic E-state index is 12.6. The van der Waals surface area contributed by atoms with Gasteiger partial charge in [-0.05, 0) is 37.1 Å². The van der Waals surface area contributed by atoms with E-state index in [1.807, 2.05) is 55.5 Å². The Morgan fingerprint density at radius 2 is 1.79 bits per heavy atom. The van der Waals surface area contributed by atoms with Gasteiger partial charge in [-0.25, -0.2) is 0 Å². The number of rotatable bonds is 4. The molecule has 5 heteroatoms. The van der Waals surface area contributed by atoms with Gasteiger partial charge < -0.3 is 20.5 Å². The van der Waals surface area contributed by atoms with Gasteiger partial charge in [-0.3, -0.25) is 4.79 Å². The summed E-state index contributed by atoms with van der Waals surface area (Å²) in [5.74, 6) is 1.21. The molecule has 0 saturated heterocycles. The molecule has 0 bridgehead atoms. The van der Waals surface area contributed by atoms with Crippen LogP contribution in [0, 0.1) is 0 Å². The third-order valence-corrected chi connectivity index (χ3v) is 4.26. The lowest BCUT2D eigenvalue weighted by Crippen LogP contribution is -2.49. The van der Waals surface area contributed by atoms with Crippen LogP contribution in [0.1, 0.15) is 31.0 Å². The van der Waals surface area contributed by atoms with Crippen molar-refractivity contribution in [2.75, 3.05) is 13.2 Å². The van der Waals surface area contributed by atoms with Crippen molar-refractivity contribution in [2.24, 2.45) is 5.73 Å². The van der Waals surface area contributed by atoms with E-state index in [1.165, 1.54) is 0 Å². The minimum atomic E-state index is -1.09. The molecule has 2 unspecified atom stereocenters. The molecule has 0 aliphatic carbocycles. The van der Waals surface area contributed by atoms with Gasteiger partial charge in [0.1, 0.15) is 18.8 Å². The lowest BCUT2D eigenvalue weighted by Gasteiger charge is -2.27. The van der Waals surface area contributed by atoms with E-state index in [0.29, 0.717) is 19.0 Å². The van der Waals surface area contributed by atoms with Crippen molar-refractivity contribution in [1.29, 1.82) is 0 Å². The largest absolute Gasteiger partial charge is 0.486 e. The molecule has 1 aliphatic heterocycles. The Bertz CT molecular complexity index is 729.